The number of nitrogens with one attached hydrogen (secondary N) is 2. The zero-order valence-corrected chi connectivity index (χ0v) is 16.1. The molecule has 8 heteroatoms. The van der Waals surface area contributed by atoms with E-state index >= 15 is 0 Å². The minimum Gasteiger partial charge on any atom is -0.355 e. The number of amides is 2. The molecule has 0 radical (unpaired) electrons. The van der Waals surface area contributed by atoms with Crippen LogP contribution >= 0.6 is 23.7 Å². The second kappa shape index (κ2) is 10.1. The summed E-state index contributed by atoms with van der Waals surface area (Å²) in [6, 6.07) is 2.10. The summed E-state index contributed by atoms with van der Waals surface area (Å²) < 4.78 is 0. The van der Waals surface area contributed by atoms with Gasteiger partial charge in [-0.3, -0.25) is 14.5 Å². The highest BCUT2D eigenvalue weighted by atomic mass is 35.5. The van der Waals surface area contributed by atoms with Crippen LogP contribution < -0.4 is 10.6 Å². The Labute approximate surface area is 159 Å². The van der Waals surface area contributed by atoms with E-state index in [1.807, 2.05) is 4.90 Å². The van der Waals surface area contributed by atoms with Gasteiger partial charge in [-0.05, 0) is 23.4 Å². The maximum Gasteiger partial charge on any atom is 0.223 e. The van der Waals surface area contributed by atoms with Gasteiger partial charge in [-0.1, -0.05) is 0 Å². The van der Waals surface area contributed by atoms with Crippen LogP contribution in [0.25, 0.3) is 0 Å². The van der Waals surface area contributed by atoms with E-state index in [9.17, 15) is 9.59 Å². The molecule has 3 heterocycles. The molecule has 1 fully saturated rings. The minimum atomic E-state index is -0.0216. The van der Waals surface area contributed by atoms with E-state index in [2.05, 4.69) is 27.0 Å². The number of thiophene rings is 1. The third-order valence-corrected chi connectivity index (χ3v) is 5.71. The average molecular weight is 387 g/mol. The van der Waals surface area contributed by atoms with Crippen molar-refractivity contribution in [3.8, 4) is 0 Å². The van der Waals surface area contributed by atoms with Crippen molar-refractivity contribution in [2.24, 2.45) is 0 Å². The van der Waals surface area contributed by atoms with Crippen LogP contribution in [0.4, 0.5) is 0 Å². The number of carbonyl (C=O) groups is 2. The topological polar surface area (TPSA) is 64.7 Å². The number of hydrogen-bond acceptors (Lipinski definition) is 5. The van der Waals surface area contributed by atoms with Crippen LogP contribution in [-0.4, -0.2) is 67.4 Å². The Bertz CT molecular complexity index is 575. The Morgan fingerprint density at radius 3 is 2.80 bits per heavy atom. The molecule has 2 N–H and O–H groups in total. The number of rotatable bonds is 6. The van der Waals surface area contributed by atoms with E-state index in [1.54, 1.807) is 11.3 Å². The predicted octanol–water partition coefficient (Wildman–Crippen LogP) is 0.856. The predicted molar refractivity (Wildman–Crippen MR) is 102 cm³/mol. The van der Waals surface area contributed by atoms with Gasteiger partial charge in [0.15, 0.2) is 0 Å². The third-order valence-electron chi connectivity index (χ3n) is 4.69. The first kappa shape index (κ1) is 20.2. The van der Waals surface area contributed by atoms with Crippen molar-refractivity contribution in [2.45, 2.75) is 25.8 Å². The lowest BCUT2D eigenvalue weighted by molar-refractivity contribution is -0.134. The fraction of sp³-hybridized carbons (Fsp3) is 0.647. The van der Waals surface area contributed by atoms with E-state index in [1.165, 1.54) is 10.4 Å². The van der Waals surface area contributed by atoms with Gasteiger partial charge in [0.05, 0.1) is 0 Å². The zero-order valence-electron chi connectivity index (χ0n) is 14.5. The fourth-order valence-electron chi connectivity index (χ4n) is 3.22. The highest BCUT2D eigenvalue weighted by molar-refractivity contribution is 7.10. The number of fused-ring (bicyclic) bond motifs is 1. The van der Waals surface area contributed by atoms with Crippen LogP contribution in [0.2, 0.25) is 0 Å². The summed E-state index contributed by atoms with van der Waals surface area (Å²) in [5.41, 5.74) is 1.26. The molecule has 0 bridgehead atoms. The first-order valence-corrected chi connectivity index (χ1v) is 9.63. The Balaban J connectivity index is 0.00000225. The molecule has 0 spiro atoms. The summed E-state index contributed by atoms with van der Waals surface area (Å²) in [7, 11) is 0. The number of hydrogen-bond donors (Lipinski definition) is 2. The molecule has 0 aliphatic carbocycles. The summed E-state index contributed by atoms with van der Waals surface area (Å²) in [6.07, 6.45) is 1.53. The second-order valence-corrected chi connectivity index (χ2v) is 7.38. The first-order valence-electron chi connectivity index (χ1n) is 8.75. The van der Waals surface area contributed by atoms with Gasteiger partial charge in [0.1, 0.15) is 0 Å². The molecule has 0 unspecified atom stereocenters. The van der Waals surface area contributed by atoms with Gasteiger partial charge < -0.3 is 15.5 Å². The van der Waals surface area contributed by atoms with Crippen LogP contribution in [0.3, 0.4) is 0 Å². The summed E-state index contributed by atoms with van der Waals surface area (Å²) in [4.78, 5) is 29.8. The highest BCUT2D eigenvalue weighted by Gasteiger charge is 2.21. The minimum absolute atomic E-state index is 0. The first-order chi connectivity index (χ1) is 11.7. The molecular formula is C17H27ClN4O2S. The molecule has 0 atom stereocenters. The van der Waals surface area contributed by atoms with Crippen molar-refractivity contribution < 1.29 is 9.59 Å². The molecule has 3 rings (SSSR count). The standard InChI is InChI=1S/C17H26N4O2S.ClH/c22-16(19-7-11-20-9-5-18-6-10-20)1-2-17(23)21-8-3-15-14(13-21)4-12-24-15;/h4,12,18H,1-3,5-11,13H2,(H,19,22);1H. The third kappa shape index (κ3) is 5.95. The van der Waals surface area contributed by atoms with Gasteiger partial charge in [0.2, 0.25) is 11.8 Å². The number of carbonyl (C=O) groups excluding carboxylic acids is 2. The lowest BCUT2D eigenvalue weighted by Crippen LogP contribution is -2.46. The van der Waals surface area contributed by atoms with E-state index in [0.29, 0.717) is 19.5 Å². The van der Waals surface area contributed by atoms with Crippen molar-refractivity contribution >= 4 is 35.6 Å². The van der Waals surface area contributed by atoms with Gasteiger partial charge in [-0.2, -0.15) is 0 Å². The molecule has 140 valence electrons. The Hall–Kier alpha value is -1.15. The monoisotopic (exact) mass is 386 g/mol. The van der Waals surface area contributed by atoms with Crippen LogP contribution in [0.5, 0.6) is 0 Å². The molecule has 25 heavy (non-hydrogen) atoms. The van der Waals surface area contributed by atoms with Crippen molar-refractivity contribution in [3.63, 3.8) is 0 Å². The molecule has 1 saturated heterocycles. The molecule has 2 aliphatic heterocycles. The molecular weight excluding hydrogens is 360 g/mol. The largest absolute Gasteiger partial charge is 0.355 e. The van der Waals surface area contributed by atoms with E-state index in [0.717, 1.165) is 45.7 Å². The summed E-state index contributed by atoms with van der Waals surface area (Å²) >= 11 is 1.77. The summed E-state index contributed by atoms with van der Waals surface area (Å²) in [6.45, 7) is 7.12. The zero-order chi connectivity index (χ0) is 16.8. The molecule has 1 aromatic rings. The average Bonchev–Trinajstić information content (AvgIpc) is 3.08. The van der Waals surface area contributed by atoms with Crippen molar-refractivity contribution in [2.75, 3.05) is 45.8 Å². The second-order valence-electron chi connectivity index (χ2n) is 6.38. The number of piperazine rings is 1. The Kier molecular flexibility index (Phi) is 8.15. The van der Waals surface area contributed by atoms with E-state index < -0.39 is 0 Å². The van der Waals surface area contributed by atoms with Crippen LogP contribution in [0.15, 0.2) is 11.4 Å². The molecule has 6 nitrogen and oxygen atoms in total. The van der Waals surface area contributed by atoms with E-state index in [-0.39, 0.29) is 30.6 Å². The molecule has 2 aliphatic rings. The molecule has 0 aromatic carbocycles. The fourth-order valence-corrected chi connectivity index (χ4v) is 4.11. The van der Waals surface area contributed by atoms with Crippen molar-refractivity contribution in [3.05, 3.63) is 21.9 Å². The van der Waals surface area contributed by atoms with Gasteiger partial charge in [0, 0.05) is 70.1 Å². The summed E-state index contributed by atoms with van der Waals surface area (Å²) in [5.74, 6) is 0.0656. The number of nitrogens with zero attached hydrogens (tertiary/aromatic N) is 2. The van der Waals surface area contributed by atoms with Crippen molar-refractivity contribution in [1.82, 2.24) is 20.4 Å². The van der Waals surface area contributed by atoms with Gasteiger partial charge in [-0.15, -0.1) is 23.7 Å². The normalized spacial score (nSPS) is 17.5. The molecule has 1 aromatic heterocycles. The highest BCUT2D eigenvalue weighted by Crippen LogP contribution is 2.24. The van der Waals surface area contributed by atoms with Gasteiger partial charge in [0.25, 0.3) is 0 Å². The van der Waals surface area contributed by atoms with Gasteiger partial charge in [-0.25, -0.2) is 0 Å². The SMILES string of the molecule is Cl.O=C(CCC(=O)N1CCc2sccc2C1)NCCN1CCNCC1. The van der Waals surface area contributed by atoms with Crippen LogP contribution in [0.1, 0.15) is 23.3 Å². The lowest BCUT2D eigenvalue weighted by atomic mass is 10.1. The number of halogens is 1. The van der Waals surface area contributed by atoms with Crippen LogP contribution in [-0.2, 0) is 22.6 Å². The smallest absolute Gasteiger partial charge is 0.223 e. The maximum atomic E-state index is 12.3. The maximum absolute atomic E-state index is 12.3. The quantitative estimate of drug-likeness (QED) is 0.761. The molecule has 0 saturated carbocycles. The van der Waals surface area contributed by atoms with Crippen LogP contribution in [0, 0.1) is 0 Å². The summed E-state index contributed by atoms with van der Waals surface area (Å²) in [5, 5.41) is 8.33. The van der Waals surface area contributed by atoms with E-state index in [4.69, 9.17) is 0 Å². The Morgan fingerprint density at radius 2 is 2.00 bits per heavy atom. The lowest BCUT2D eigenvalue weighted by Gasteiger charge is -2.27. The Morgan fingerprint density at radius 1 is 1.20 bits per heavy atom. The van der Waals surface area contributed by atoms with Crippen molar-refractivity contribution in [1.29, 1.82) is 0 Å². The van der Waals surface area contributed by atoms with Gasteiger partial charge >= 0.3 is 0 Å². The molecule has 2 amide bonds.